The first kappa shape index (κ1) is 7.67. The van der Waals surface area contributed by atoms with Gasteiger partial charge in [0.05, 0.1) is 6.20 Å². The molecule has 2 aromatic rings. The molecule has 0 spiro atoms. The van der Waals surface area contributed by atoms with Crippen molar-refractivity contribution in [3.8, 4) is 17.0 Å². The lowest BCUT2D eigenvalue weighted by molar-refractivity contribution is 0.476. The zero-order valence-electron chi connectivity index (χ0n) is 6.88. The fourth-order valence-electron chi connectivity index (χ4n) is 1.18. The van der Waals surface area contributed by atoms with E-state index in [9.17, 15) is 5.11 Å². The first-order chi connectivity index (χ1) is 6.27. The molecule has 4 nitrogen and oxygen atoms in total. The topological polar surface area (TPSA) is 64.1 Å². The Kier molecular flexibility index (Phi) is 1.66. The SMILES string of the molecule is Nn1cc(O)c(-c2ccccc2)n1. The van der Waals surface area contributed by atoms with E-state index in [1.54, 1.807) is 0 Å². The van der Waals surface area contributed by atoms with Crippen LogP contribution in [-0.2, 0) is 0 Å². The Morgan fingerprint density at radius 2 is 1.92 bits per heavy atom. The molecule has 0 unspecified atom stereocenters. The number of nitrogens with two attached hydrogens (primary N) is 1. The average molecular weight is 175 g/mol. The largest absolute Gasteiger partial charge is 0.504 e. The van der Waals surface area contributed by atoms with Gasteiger partial charge in [-0.15, -0.1) is 5.10 Å². The highest BCUT2D eigenvalue weighted by Gasteiger charge is 2.07. The van der Waals surface area contributed by atoms with Gasteiger partial charge in [0.2, 0.25) is 0 Å². The van der Waals surface area contributed by atoms with Gasteiger partial charge in [0, 0.05) is 5.56 Å². The second-order valence-electron chi connectivity index (χ2n) is 2.71. The van der Waals surface area contributed by atoms with Crippen LogP contribution in [0.25, 0.3) is 11.3 Å². The van der Waals surface area contributed by atoms with E-state index in [0.717, 1.165) is 10.4 Å². The molecule has 0 aliphatic heterocycles. The maximum absolute atomic E-state index is 9.42. The summed E-state index contributed by atoms with van der Waals surface area (Å²) in [5, 5.41) is 13.3. The lowest BCUT2D eigenvalue weighted by Gasteiger charge is -1.95. The highest BCUT2D eigenvalue weighted by Crippen LogP contribution is 2.25. The normalized spacial score (nSPS) is 10.2. The minimum atomic E-state index is 0.0914. The van der Waals surface area contributed by atoms with Crippen molar-refractivity contribution in [3.05, 3.63) is 36.5 Å². The van der Waals surface area contributed by atoms with Gasteiger partial charge >= 0.3 is 0 Å². The predicted octanol–water partition coefficient (Wildman–Crippen LogP) is 0.969. The summed E-state index contributed by atoms with van der Waals surface area (Å²) in [4.78, 5) is 1.09. The zero-order valence-corrected chi connectivity index (χ0v) is 6.88. The first-order valence-electron chi connectivity index (χ1n) is 3.86. The molecule has 0 saturated heterocycles. The summed E-state index contributed by atoms with van der Waals surface area (Å²) < 4.78 is 0. The van der Waals surface area contributed by atoms with E-state index in [4.69, 9.17) is 5.84 Å². The van der Waals surface area contributed by atoms with E-state index >= 15 is 0 Å². The van der Waals surface area contributed by atoms with Gasteiger partial charge in [0.1, 0.15) is 5.69 Å². The molecular weight excluding hydrogens is 166 g/mol. The Morgan fingerprint density at radius 1 is 1.23 bits per heavy atom. The highest BCUT2D eigenvalue weighted by atomic mass is 16.3. The molecule has 0 amide bonds. The number of hydrogen-bond acceptors (Lipinski definition) is 3. The minimum absolute atomic E-state index is 0.0914. The minimum Gasteiger partial charge on any atom is -0.504 e. The van der Waals surface area contributed by atoms with E-state index in [1.165, 1.54) is 6.20 Å². The maximum Gasteiger partial charge on any atom is 0.163 e. The quantitative estimate of drug-likeness (QED) is 0.635. The fourth-order valence-corrected chi connectivity index (χ4v) is 1.18. The molecule has 3 N–H and O–H groups in total. The van der Waals surface area contributed by atoms with Gasteiger partial charge < -0.3 is 10.9 Å². The van der Waals surface area contributed by atoms with Crippen molar-refractivity contribution < 1.29 is 5.11 Å². The average Bonchev–Trinajstić information content (AvgIpc) is 2.47. The van der Waals surface area contributed by atoms with Crippen molar-refractivity contribution >= 4 is 0 Å². The van der Waals surface area contributed by atoms with Gasteiger partial charge in [-0.3, -0.25) is 0 Å². The number of rotatable bonds is 1. The van der Waals surface area contributed by atoms with Crippen LogP contribution in [0.4, 0.5) is 0 Å². The molecule has 1 aromatic heterocycles. The summed E-state index contributed by atoms with van der Waals surface area (Å²) in [6.45, 7) is 0. The third kappa shape index (κ3) is 1.33. The van der Waals surface area contributed by atoms with Gasteiger partial charge in [-0.25, -0.2) is 0 Å². The summed E-state index contributed by atoms with van der Waals surface area (Å²) >= 11 is 0. The summed E-state index contributed by atoms with van der Waals surface area (Å²) in [6.07, 6.45) is 1.36. The summed E-state index contributed by atoms with van der Waals surface area (Å²) in [5.74, 6) is 5.45. The van der Waals surface area contributed by atoms with Gasteiger partial charge in [-0.2, -0.15) is 4.79 Å². The predicted molar refractivity (Wildman–Crippen MR) is 49.5 cm³/mol. The highest BCUT2D eigenvalue weighted by molar-refractivity contribution is 5.64. The third-order valence-corrected chi connectivity index (χ3v) is 1.76. The van der Waals surface area contributed by atoms with Crippen molar-refractivity contribution in [3.63, 3.8) is 0 Å². The van der Waals surface area contributed by atoms with E-state index in [-0.39, 0.29) is 5.75 Å². The van der Waals surface area contributed by atoms with Crippen LogP contribution in [0, 0.1) is 0 Å². The summed E-state index contributed by atoms with van der Waals surface area (Å²) in [7, 11) is 0. The molecule has 13 heavy (non-hydrogen) atoms. The van der Waals surface area contributed by atoms with Crippen LogP contribution < -0.4 is 5.84 Å². The second kappa shape index (κ2) is 2.82. The summed E-state index contributed by atoms with van der Waals surface area (Å²) in [5.41, 5.74) is 1.35. The lowest BCUT2D eigenvalue weighted by Crippen LogP contribution is -2.07. The third-order valence-electron chi connectivity index (χ3n) is 1.76. The van der Waals surface area contributed by atoms with Gasteiger partial charge in [-0.1, -0.05) is 30.3 Å². The Morgan fingerprint density at radius 3 is 2.46 bits per heavy atom. The Bertz CT molecular complexity index is 408. The van der Waals surface area contributed by atoms with Crippen molar-refractivity contribution in [2.45, 2.75) is 0 Å². The maximum atomic E-state index is 9.42. The standard InChI is InChI=1S/C9H9N3O/c10-12-6-8(13)9(11-12)7-4-2-1-3-5-7/h1-6,13H,10H2. The first-order valence-corrected chi connectivity index (χ1v) is 3.86. The molecule has 0 atom stereocenters. The fraction of sp³-hybridized carbons (Fsp3) is 0. The van der Waals surface area contributed by atoms with Crippen LogP contribution in [0.5, 0.6) is 5.75 Å². The molecular formula is C9H9N3O. The molecule has 2 rings (SSSR count). The van der Waals surface area contributed by atoms with Gasteiger partial charge in [-0.05, 0) is 0 Å². The molecule has 0 aliphatic rings. The number of benzene rings is 1. The van der Waals surface area contributed by atoms with Gasteiger partial charge in [0.15, 0.2) is 5.75 Å². The number of aromatic hydroxyl groups is 1. The molecule has 1 aromatic carbocycles. The molecule has 0 bridgehead atoms. The van der Waals surface area contributed by atoms with Gasteiger partial charge in [0.25, 0.3) is 0 Å². The van der Waals surface area contributed by atoms with Crippen LogP contribution in [0.2, 0.25) is 0 Å². The van der Waals surface area contributed by atoms with Crippen LogP contribution in [0.15, 0.2) is 36.5 Å². The van der Waals surface area contributed by atoms with Crippen molar-refractivity contribution in [1.82, 2.24) is 9.89 Å². The molecule has 0 saturated carbocycles. The van der Waals surface area contributed by atoms with Crippen LogP contribution in [0.3, 0.4) is 0 Å². The van der Waals surface area contributed by atoms with Crippen LogP contribution >= 0.6 is 0 Å². The van der Waals surface area contributed by atoms with E-state index in [0.29, 0.717) is 5.69 Å². The van der Waals surface area contributed by atoms with Crippen molar-refractivity contribution in [1.29, 1.82) is 0 Å². The molecule has 1 heterocycles. The number of nitrogens with zero attached hydrogens (tertiary/aromatic N) is 2. The molecule has 66 valence electrons. The molecule has 4 heteroatoms. The summed E-state index contributed by atoms with van der Waals surface area (Å²) in [6, 6.07) is 9.39. The Labute approximate surface area is 75.2 Å². The number of nitrogen functional groups attached to an aromatic ring is 1. The van der Waals surface area contributed by atoms with Crippen LogP contribution in [0.1, 0.15) is 0 Å². The Balaban J connectivity index is 2.53. The molecule has 0 aliphatic carbocycles. The number of aromatic nitrogens is 2. The van der Waals surface area contributed by atoms with Crippen LogP contribution in [-0.4, -0.2) is 15.0 Å². The number of hydrogen-bond donors (Lipinski definition) is 2. The van der Waals surface area contributed by atoms with Crippen molar-refractivity contribution in [2.24, 2.45) is 0 Å². The van der Waals surface area contributed by atoms with E-state index < -0.39 is 0 Å². The monoisotopic (exact) mass is 175 g/mol. The smallest absolute Gasteiger partial charge is 0.163 e. The van der Waals surface area contributed by atoms with E-state index in [1.807, 2.05) is 30.3 Å². The van der Waals surface area contributed by atoms with Crippen molar-refractivity contribution in [2.75, 3.05) is 5.84 Å². The molecule has 0 fully saturated rings. The molecule has 0 radical (unpaired) electrons. The second-order valence-corrected chi connectivity index (χ2v) is 2.71. The Hall–Kier alpha value is -1.97. The lowest BCUT2D eigenvalue weighted by atomic mass is 10.1. The zero-order chi connectivity index (χ0) is 9.26. The van der Waals surface area contributed by atoms with E-state index in [2.05, 4.69) is 5.10 Å².